The second-order valence-corrected chi connectivity index (χ2v) is 8.27. The monoisotopic (exact) mass is 427 g/mol. The topological polar surface area (TPSA) is 66.8 Å². The van der Waals surface area contributed by atoms with Crippen molar-refractivity contribution >= 4 is 29.3 Å². The van der Waals surface area contributed by atoms with E-state index in [1.165, 1.54) is 37.0 Å². The van der Waals surface area contributed by atoms with Crippen LogP contribution < -0.4 is 29.0 Å². The minimum absolute atomic E-state index is 0.0407. The number of carbonyl (C=O) groups is 1. The lowest BCUT2D eigenvalue weighted by molar-refractivity contribution is -0.120. The van der Waals surface area contributed by atoms with E-state index >= 15 is 0 Å². The Kier molecular flexibility index (Phi) is 6.84. The number of nitrogens with zero attached hydrogens (tertiary/aromatic N) is 1. The first-order chi connectivity index (χ1) is 13.5. The van der Waals surface area contributed by atoms with E-state index < -0.39 is 12.0 Å². The number of methoxy groups -OCH3 is 2. The number of carbonyl (C=O) groups excluding carboxylic acids is 1. The average Bonchev–Trinajstić information content (AvgIpc) is 2.89. The SMILES string of the molecule is COc1cc(/C=c2\s/c(=C\C(=O)C(C)(C)C)n(C)c2=O)cc(OC)c1OC(F)F. The standard InChI is InChI=1S/C20H23F2NO5S/c1-20(2,3)15(24)10-16-23(4)18(25)14(29-16)9-11-7-12(26-5)17(28-19(21)22)13(8-11)27-6/h7-10,19H,1-6H3/b14-9-,16-10-. The summed E-state index contributed by atoms with van der Waals surface area (Å²) in [4.78, 5) is 24.8. The molecule has 158 valence electrons. The lowest BCUT2D eigenvalue weighted by atomic mass is 9.91. The molecule has 1 heterocycles. The zero-order valence-corrected chi connectivity index (χ0v) is 17.9. The van der Waals surface area contributed by atoms with Crippen LogP contribution in [-0.4, -0.2) is 31.2 Å². The summed E-state index contributed by atoms with van der Waals surface area (Å²) in [6.07, 6.45) is 3.02. The van der Waals surface area contributed by atoms with Crippen molar-refractivity contribution in [3.63, 3.8) is 0 Å². The molecule has 0 fully saturated rings. The minimum atomic E-state index is -3.05. The second kappa shape index (κ2) is 8.77. The van der Waals surface area contributed by atoms with E-state index in [4.69, 9.17) is 9.47 Å². The first-order valence-electron chi connectivity index (χ1n) is 8.62. The van der Waals surface area contributed by atoms with Crippen molar-refractivity contribution < 1.29 is 27.8 Å². The lowest BCUT2D eigenvalue weighted by Gasteiger charge is -2.14. The summed E-state index contributed by atoms with van der Waals surface area (Å²) in [6, 6.07) is 2.92. The molecule has 0 aliphatic rings. The van der Waals surface area contributed by atoms with Crippen molar-refractivity contribution in [2.24, 2.45) is 12.5 Å². The van der Waals surface area contributed by atoms with Gasteiger partial charge in [-0.2, -0.15) is 8.78 Å². The van der Waals surface area contributed by atoms with Crippen LogP contribution in [0.25, 0.3) is 12.2 Å². The third kappa shape index (κ3) is 5.23. The van der Waals surface area contributed by atoms with Crippen LogP contribution in [0.4, 0.5) is 8.78 Å². The highest BCUT2D eigenvalue weighted by Gasteiger charge is 2.20. The number of ketones is 1. The zero-order chi connectivity index (χ0) is 21.9. The zero-order valence-electron chi connectivity index (χ0n) is 17.0. The van der Waals surface area contributed by atoms with Gasteiger partial charge >= 0.3 is 6.61 Å². The third-order valence-electron chi connectivity index (χ3n) is 4.04. The van der Waals surface area contributed by atoms with Crippen molar-refractivity contribution in [2.75, 3.05) is 14.2 Å². The molecule has 1 aromatic heterocycles. The van der Waals surface area contributed by atoms with Gasteiger partial charge in [0.2, 0.25) is 5.75 Å². The highest BCUT2D eigenvalue weighted by Crippen LogP contribution is 2.39. The number of ether oxygens (including phenoxy) is 3. The molecule has 0 N–H and O–H groups in total. The number of alkyl halides is 2. The van der Waals surface area contributed by atoms with E-state index in [1.54, 1.807) is 33.9 Å². The van der Waals surface area contributed by atoms with Gasteiger partial charge in [0.15, 0.2) is 17.3 Å². The molecule has 0 bridgehead atoms. The number of aromatic nitrogens is 1. The Morgan fingerprint density at radius 3 is 2.17 bits per heavy atom. The summed E-state index contributed by atoms with van der Waals surface area (Å²) < 4.78 is 42.4. The fourth-order valence-electron chi connectivity index (χ4n) is 2.38. The molecule has 0 spiro atoms. The van der Waals surface area contributed by atoms with Crippen LogP contribution >= 0.6 is 11.3 Å². The number of Topliss-reactive ketones (excluding diaryl/α,β-unsaturated/α-hetero) is 1. The molecule has 0 aliphatic carbocycles. The largest absolute Gasteiger partial charge is 0.493 e. The molecule has 0 radical (unpaired) electrons. The summed E-state index contributed by atoms with van der Waals surface area (Å²) in [5.74, 6) is -0.248. The van der Waals surface area contributed by atoms with Gasteiger partial charge in [-0.25, -0.2) is 0 Å². The predicted molar refractivity (Wildman–Crippen MR) is 107 cm³/mol. The number of thiazole rings is 1. The molecule has 2 aromatic rings. The van der Waals surface area contributed by atoms with Crippen LogP contribution in [0.5, 0.6) is 17.2 Å². The normalized spacial score (nSPS) is 13.1. The van der Waals surface area contributed by atoms with E-state index in [1.807, 2.05) is 0 Å². The molecule has 0 unspecified atom stereocenters. The molecule has 1 aromatic carbocycles. The van der Waals surface area contributed by atoms with E-state index in [0.29, 0.717) is 14.8 Å². The summed E-state index contributed by atoms with van der Waals surface area (Å²) >= 11 is 1.15. The molecule has 0 amide bonds. The molecular weight excluding hydrogens is 404 g/mol. The number of rotatable bonds is 6. The summed E-state index contributed by atoms with van der Waals surface area (Å²) in [7, 11) is 4.21. The Balaban J connectivity index is 2.64. The van der Waals surface area contributed by atoms with E-state index in [9.17, 15) is 18.4 Å². The van der Waals surface area contributed by atoms with Crippen molar-refractivity contribution in [1.29, 1.82) is 0 Å². The van der Waals surface area contributed by atoms with Gasteiger partial charge in [-0.3, -0.25) is 9.59 Å². The van der Waals surface area contributed by atoms with Gasteiger partial charge in [-0.1, -0.05) is 20.8 Å². The molecule has 6 nitrogen and oxygen atoms in total. The van der Waals surface area contributed by atoms with Gasteiger partial charge in [-0.05, 0) is 23.8 Å². The molecule has 0 saturated carbocycles. The molecule has 29 heavy (non-hydrogen) atoms. The van der Waals surface area contributed by atoms with Crippen molar-refractivity contribution in [1.82, 2.24) is 4.57 Å². The van der Waals surface area contributed by atoms with Crippen molar-refractivity contribution in [3.05, 3.63) is 37.2 Å². The highest BCUT2D eigenvalue weighted by atomic mass is 32.1. The van der Waals surface area contributed by atoms with Gasteiger partial charge < -0.3 is 18.8 Å². The van der Waals surface area contributed by atoms with Gasteiger partial charge in [0, 0.05) is 18.5 Å². The van der Waals surface area contributed by atoms with Crippen LogP contribution in [0, 0.1) is 5.41 Å². The Hall–Kier alpha value is -2.68. The summed E-state index contributed by atoms with van der Waals surface area (Å²) in [5, 5.41) is 0. The Bertz CT molecular complexity index is 1050. The van der Waals surface area contributed by atoms with Gasteiger partial charge in [-0.15, -0.1) is 11.3 Å². The van der Waals surface area contributed by atoms with Crippen LogP contribution in [0.2, 0.25) is 0 Å². The lowest BCUT2D eigenvalue weighted by Crippen LogP contribution is -2.30. The van der Waals surface area contributed by atoms with Crippen molar-refractivity contribution in [3.8, 4) is 17.2 Å². The number of benzene rings is 1. The maximum atomic E-state index is 12.7. The van der Waals surface area contributed by atoms with Gasteiger partial charge in [0.05, 0.1) is 18.8 Å². The average molecular weight is 427 g/mol. The van der Waals surface area contributed by atoms with Gasteiger partial charge in [0.1, 0.15) is 4.66 Å². The quantitative estimate of drug-likeness (QED) is 0.708. The van der Waals surface area contributed by atoms with Crippen LogP contribution in [0.15, 0.2) is 16.9 Å². The molecular formula is C20H23F2NO5S. The Labute approximate surface area is 170 Å². The van der Waals surface area contributed by atoms with Crippen molar-refractivity contribution in [2.45, 2.75) is 27.4 Å². The van der Waals surface area contributed by atoms with E-state index in [2.05, 4.69) is 4.74 Å². The van der Waals surface area contributed by atoms with Crippen LogP contribution in [-0.2, 0) is 11.8 Å². The molecule has 2 rings (SSSR count). The first kappa shape index (κ1) is 22.6. The Morgan fingerprint density at radius 2 is 1.72 bits per heavy atom. The second-order valence-electron chi connectivity index (χ2n) is 7.20. The molecule has 0 aliphatic heterocycles. The smallest absolute Gasteiger partial charge is 0.387 e. The molecule has 0 saturated heterocycles. The fraction of sp³-hybridized carbons (Fsp3) is 0.400. The number of halogens is 2. The van der Waals surface area contributed by atoms with E-state index in [0.717, 1.165) is 11.3 Å². The molecule has 9 heteroatoms. The number of hydrogen-bond donors (Lipinski definition) is 0. The highest BCUT2D eigenvalue weighted by molar-refractivity contribution is 7.07. The fourth-order valence-corrected chi connectivity index (χ4v) is 3.41. The van der Waals surface area contributed by atoms with Crippen LogP contribution in [0.3, 0.4) is 0 Å². The predicted octanol–water partition coefficient (Wildman–Crippen LogP) is 2.29. The molecule has 0 atom stereocenters. The maximum absolute atomic E-state index is 12.7. The maximum Gasteiger partial charge on any atom is 0.387 e. The third-order valence-corrected chi connectivity index (χ3v) is 5.16. The van der Waals surface area contributed by atoms with E-state index in [-0.39, 0.29) is 28.6 Å². The summed E-state index contributed by atoms with van der Waals surface area (Å²) in [5.41, 5.74) is -0.354. The van der Waals surface area contributed by atoms with Crippen LogP contribution in [0.1, 0.15) is 26.3 Å². The first-order valence-corrected chi connectivity index (χ1v) is 9.44. The minimum Gasteiger partial charge on any atom is -0.493 e. The number of hydrogen-bond acceptors (Lipinski definition) is 6. The summed E-state index contributed by atoms with van der Waals surface area (Å²) in [6.45, 7) is 2.35. The Morgan fingerprint density at radius 1 is 1.17 bits per heavy atom. The van der Waals surface area contributed by atoms with Gasteiger partial charge in [0.25, 0.3) is 5.56 Å².